The van der Waals surface area contributed by atoms with Gasteiger partial charge in [-0.15, -0.1) is 11.3 Å². The second-order valence-corrected chi connectivity index (χ2v) is 11.5. The molecule has 42 heavy (non-hydrogen) atoms. The van der Waals surface area contributed by atoms with Crippen LogP contribution in [0.4, 0.5) is 11.5 Å². The number of fused-ring (bicyclic) bond motifs is 2. The number of hydroxylamine groups is 1. The fourth-order valence-corrected chi connectivity index (χ4v) is 6.27. The van der Waals surface area contributed by atoms with Crippen molar-refractivity contribution < 1.29 is 14.7 Å². The molecule has 1 fully saturated rings. The lowest BCUT2D eigenvalue weighted by molar-refractivity contribution is -0.124. The van der Waals surface area contributed by atoms with Gasteiger partial charge in [-0.25, -0.2) is 20.4 Å². The summed E-state index contributed by atoms with van der Waals surface area (Å²) >= 11 is 1.73. The van der Waals surface area contributed by atoms with E-state index in [4.69, 9.17) is 30.6 Å². The van der Waals surface area contributed by atoms with E-state index in [2.05, 4.69) is 27.5 Å². The minimum absolute atomic E-state index is 0.579. The van der Waals surface area contributed by atoms with E-state index in [-0.39, 0.29) is 0 Å². The Bertz CT molecular complexity index is 1770. The van der Waals surface area contributed by atoms with E-state index in [0.717, 1.165) is 63.7 Å². The molecule has 216 valence electrons. The van der Waals surface area contributed by atoms with Gasteiger partial charge in [0.2, 0.25) is 0 Å². The second-order valence-electron chi connectivity index (χ2n) is 10.3. The maximum absolute atomic E-state index is 11.3. The normalized spacial score (nSPS) is 14.0. The predicted octanol–water partition coefficient (Wildman–Crippen LogP) is 3.81. The smallest absolute Gasteiger partial charge is 0.267 e. The number of nitrogens with two attached hydrogens (primary N) is 1. The van der Waals surface area contributed by atoms with Crippen LogP contribution in [0.15, 0.2) is 54.6 Å². The molecule has 0 bridgehead atoms. The summed E-state index contributed by atoms with van der Waals surface area (Å²) in [7, 11) is 4.09. The number of nitrogen functional groups attached to an aromatic ring is 1. The Morgan fingerprint density at radius 1 is 1.10 bits per heavy atom. The van der Waals surface area contributed by atoms with Crippen molar-refractivity contribution in [3.63, 3.8) is 0 Å². The van der Waals surface area contributed by atoms with Crippen molar-refractivity contribution in [2.24, 2.45) is 7.05 Å². The molecule has 3 aromatic heterocycles. The van der Waals surface area contributed by atoms with Gasteiger partial charge >= 0.3 is 0 Å². The number of rotatable bonds is 8. The number of carbonyl (C=O) groups is 1. The van der Waals surface area contributed by atoms with Gasteiger partial charge in [0, 0.05) is 48.9 Å². The zero-order chi connectivity index (χ0) is 29.2. The van der Waals surface area contributed by atoms with Crippen LogP contribution in [0, 0.1) is 0 Å². The van der Waals surface area contributed by atoms with E-state index >= 15 is 0 Å². The number of carbonyl (C=O) groups excluding carboxylic acids is 1. The summed E-state index contributed by atoms with van der Waals surface area (Å²) in [6.45, 7) is 4.32. The fraction of sp³-hybridized carbons (Fsp3) is 0.267. The average molecular weight is 585 g/mol. The minimum atomic E-state index is -0.579. The molecule has 0 radical (unpaired) electrons. The topological polar surface area (TPSA) is 135 Å². The first-order valence-electron chi connectivity index (χ1n) is 13.6. The molecule has 0 atom stereocenters. The average Bonchev–Trinajstić information content (AvgIpc) is 3.55. The number of hydrogen-bond acceptors (Lipinski definition) is 10. The van der Waals surface area contributed by atoms with Crippen molar-refractivity contribution in [3.05, 3.63) is 70.9 Å². The van der Waals surface area contributed by atoms with Crippen LogP contribution >= 0.6 is 11.3 Å². The lowest BCUT2D eigenvalue weighted by atomic mass is 10.2. The van der Waals surface area contributed by atoms with Crippen molar-refractivity contribution in [3.8, 4) is 11.4 Å². The Hall–Kier alpha value is -4.36. The number of amides is 1. The summed E-state index contributed by atoms with van der Waals surface area (Å²) in [5, 5.41) is 8.71. The number of morpholine rings is 1. The Balaban J connectivity index is 1.25. The summed E-state index contributed by atoms with van der Waals surface area (Å²) in [5.74, 6) is 1.99. The van der Waals surface area contributed by atoms with Crippen LogP contribution in [0.2, 0.25) is 0 Å². The number of ether oxygens (including phenoxy) is 1. The van der Waals surface area contributed by atoms with Crippen molar-refractivity contribution in [2.45, 2.75) is 13.1 Å². The van der Waals surface area contributed by atoms with Gasteiger partial charge in [-0.3, -0.25) is 14.9 Å². The minimum Gasteiger partial charge on any atom is -0.399 e. The lowest BCUT2D eigenvalue weighted by Crippen LogP contribution is -2.36. The van der Waals surface area contributed by atoms with Crippen molar-refractivity contribution in [2.75, 3.05) is 44.0 Å². The SMILES string of the molecule is CN(Cc1cc2nc(-c3ccc(N)cc3)nc(N3CCOCC3)c2s1)Cc1nc2cc(C=CC(=O)NO)ccc2n1C. The highest BCUT2D eigenvalue weighted by Crippen LogP contribution is 2.35. The van der Waals surface area contributed by atoms with Crippen LogP contribution in [-0.2, 0) is 29.7 Å². The first-order chi connectivity index (χ1) is 20.4. The number of thiophene rings is 1. The standard InChI is InChI=1S/C30H32N8O3S/c1-36(18-26-32-23-15-19(4-10-27(39)35-40)3-9-25(23)37(26)2)17-22-16-24-28(42-22)30(38-11-13-41-14-12-38)34-29(33-24)20-5-7-21(31)8-6-20/h3-10,15-16,40H,11-14,17-18,31H2,1-2H3,(H,35,39). The summed E-state index contributed by atoms with van der Waals surface area (Å²) < 4.78 is 8.77. The van der Waals surface area contributed by atoms with Crippen molar-refractivity contribution in [1.82, 2.24) is 29.9 Å². The maximum Gasteiger partial charge on any atom is 0.267 e. The summed E-state index contributed by atoms with van der Waals surface area (Å²) in [6, 6.07) is 15.7. The molecule has 1 aliphatic rings. The molecule has 0 spiro atoms. The van der Waals surface area contributed by atoms with Crippen LogP contribution in [0.5, 0.6) is 0 Å². The molecular weight excluding hydrogens is 552 g/mol. The molecule has 4 heterocycles. The number of hydrogen-bond donors (Lipinski definition) is 3. The van der Waals surface area contributed by atoms with E-state index in [0.29, 0.717) is 31.3 Å². The molecule has 0 unspecified atom stereocenters. The summed E-state index contributed by atoms with van der Waals surface area (Å²) in [4.78, 5) is 31.9. The van der Waals surface area contributed by atoms with Crippen LogP contribution in [0.1, 0.15) is 16.3 Å². The largest absolute Gasteiger partial charge is 0.399 e. The molecule has 1 amide bonds. The molecule has 6 rings (SSSR count). The van der Waals surface area contributed by atoms with Crippen molar-refractivity contribution >= 4 is 56.1 Å². The number of nitrogens with one attached hydrogen (secondary N) is 1. The first kappa shape index (κ1) is 27.8. The highest BCUT2D eigenvalue weighted by Gasteiger charge is 2.21. The molecular formula is C30H32N8O3S. The number of anilines is 2. The third kappa shape index (κ3) is 5.83. The van der Waals surface area contributed by atoms with Gasteiger partial charge in [0.25, 0.3) is 5.91 Å². The van der Waals surface area contributed by atoms with Gasteiger partial charge in [-0.05, 0) is 61.2 Å². The lowest BCUT2D eigenvalue weighted by Gasteiger charge is -2.28. The van der Waals surface area contributed by atoms with Crippen LogP contribution < -0.4 is 16.1 Å². The van der Waals surface area contributed by atoms with E-state index < -0.39 is 5.91 Å². The van der Waals surface area contributed by atoms with E-state index in [1.165, 1.54) is 11.0 Å². The highest BCUT2D eigenvalue weighted by atomic mass is 32.1. The second kappa shape index (κ2) is 11.9. The molecule has 2 aromatic carbocycles. The molecule has 4 N–H and O–H groups in total. The molecule has 11 nitrogen and oxygen atoms in total. The van der Waals surface area contributed by atoms with Crippen LogP contribution in [-0.4, -0.2) is 68.9 Å². The van der Waals surface area contributed by atoms with Gasteiger partial charge in [0.05, 0.1) is 41.0 Å². The number of nitrogens with zero attached hydrogens (tertiary/aromatic N) is 6. The molecule has 1 aliphatic heterocycles. The van der Waals surface area contributed by atoms with Gasteiger partial charge in [-0.2, -0.15) is 0 Å². The Kier molecular flexibility index (Phi) is 7.85. The summed E-state index contributed by atoms with van der Waals surface area (Å²) in [6.07, 6.45) is 2.91. The third-order valence-electron chi connectivity index (χ3n) is 7.26. The zero-order valence-electron chi connectivity index (χ0n) is 23.4. The van der Waals surface area contributed by atoms with Crippen molar-refractivity contribution in [1.29, 1.82) is 0 Å². The van der Waals surface area contributed by atoms with Crippen LogP contribution in [0.3, 0.4) is 0 Å². The Morgan fingerprint density at radius 3 is 2.64 bits per heavy atom. The van der Waals surface area contributed by atoms with E-state index in [1.54, 1.807) is 22.9 Å². The zero-order valence-corrected chi connectivity index (χ0v) is 24.3. The third-order valence-corrected chi connectivity index (χ3v) is 8.36. The number of benzene rings is 2. The Morgan fingerprint density at radius 2 is 1.88 bits per heavy atom. The van der Waals surface area contributed by atoms with E-state index in [9.17, 15) is 4.79 Å². The first-order valence-corrected chi connectivity index (χ1v) is 14.4. The monoisotopic (exact) mass is 584 g/mol. The van der Waals surface area contributed by atoms with Gasteiger partial charge in [0.1, 0.15) is 5.82 Å². The van der Waals surface area contributed by atoms with Gasteiger partial charge < -0.3 is 19.9 Å². The molecule has 5 aromatic rings. The van der Waals surface area contributed by atoms with E-state index in [1.807, 2.05) is 49.5 Å². The number of imidazole rings is 1. The maximum atomic E-state index is 11.3. The van der Waals surface area contributed by atoms with Crippen LogP contribution in [0.25, 0.3) is 38.7 Å². The fourth-order valence-electron chi connectivity index (χ4n) is 5.08. The molecule has 0 aliphatic carbocycles. The Labute approximate surface area is 246 Å². The molecule has 0 saturated carbocycles. The number of aromatic nitrogens is 4. The highest BCUT2D eigenvalue weighted by molar-refractivity contribution is 7.19. The molecule has 12 heteroatoms. The predicted molar refractivity (Wildman–Crippen MR) is 165 cm³/mol. The number of aryl methyl sites for hydroxylation is 1. The quantitative estimate of drug-likeness (QED) is 0.108. The van der Waals surface area contributed by atoms with Gasteiger partial charge in [-0.1, -0.05) is 6.07 Å². The summed E-state index contributed by atoms with van der Waals surface area (Å²) in [5.41, 5.74) is 12.8. The van der Waals surface area contributed by atoms with Gasteiger partial charge in [0.15, 0.2) is 11.6 Å². The molecule has 1 saturated heterocycles.